The van der Waals surface area contributed by atoms with Crippen LogP contribution in [0.25, 0.3) is 10.9 Å². The molecule has 27 heavy (non-hydrogen) atoms. The van der Waals surface area contributed by atoms with Gasteiger partial charge in [0.1, 0.15) is 17.3 Å². The summed E-state index contributed by atoms with van der Waals surface area (Å²) >= 11 is 0. The minimum Gasteiger partial charge on any atom is -0.379 e. The number of fused-ring (bicyclic) bond motifs is 1. The van der Waals surface area contributed by atoms with Gasteiger partial charge < -0.3 is 15.4 Å². The van der Waals surface area contributed by atoms with Gasteiger partial charge in [0.15, 0.2) is 5.82 Å². The Kier molecular flexibility index (Phi) is 5.05. The highest BCUT2D eigenvalue weighted by Crippen LogP contribution is 2.29. The zero-order valence-electron chi connectivity index (χ0n) is 15.8. The smallest absolute Gasteiger partial charge is 0.223 e. The fraction of sp³-hybridized carbons (Fsp3) is 0.579. The van der Waals surface area contributed by atoms with Crippen molar-refractivity contribution >= 4 is 22.7 Å². The molecule has 1 aliphatic heterocycles. The first-order chi connectivity index (χ1) is 13.1. The minimum absolute atomic E-state index is 0.196. The topological polar surface area (TPSA) is 99.0 Å². The van der Waals surface area contributed by atoms with Gasteiger partial charge in [-0.15, -0.1) is 0 Å². The van der Waals surface area contributed by atoms with Gasteiger partial charge in [-0.25, -0.2) is 15.0 Å². The average Bonchev–Trinajstić information content (AvgIpc) is 2.64. The Morgan fingerprint density at radius 3 is 2.74 bits per heavy atom. The lowest BCUT2D eigenvalue weighted by molar-refractivity contribution is -0.00442. The van der Waals surface area contributed by atoms with Crippen LogP contribution in [0.3, 0.4) is 0 Å². The summed E-state index contributed by atoms with van der Waals surface area (Å²) in [5.74, 6) is 1.25. The average molecular weight is 367 g/mol. The quantitative estimate of drug-likeness (QED) is 0.828. The second kappa shape index (κ2) is 7.62. The van der Waals surface area contributed by atoms with Crippen LogP contribution in [-0.4, -0.2) is 64.3 Å². The van der Waals surface area contributed by atoms with E-state index in [0.717, 1.165) is 50.0 Å². The molecular formula is C19H25N7O. The lowest BCUT2D eigenvalue weighted by Crippen LogP contribution is -2.53. The van der Waals surface area contributed by atoms with Crippen LogP contribution in [0.15, 0.2) is 12.3 Å². The second-order valence-corrected chi connectivity index (χ2v) is 7.51. The molecule has 0 bridgehead atoms. The molecule has 0 unspecified atom stereocenters. The number of hydrogen-bond acceptors (Lipinski definition) is 8. The van der Waals surface area contributed by atoms with E-state index < -0.39 is 0 Å². The number of nitrogens with one attached hydrogen (secondary N) is 2. The summed E-state index contributed by atoms with van der Waals surface area (Å²) in [5, 5.41) is 16.7. The van der Waals surface area contributed by atoms with Crippen LogP contribution in [0.2, 0.25) is 0 Å². The number of hydrogen-bond donors (Lipinski definition) is 2. The molecule has 2 aromatic heterocycles. The largest absolute Gasteiger partial charge is 0.379 e. The number of ether oxygens (including phenoxy) is 1. The van der Waals surface area contributed by atoms with E-state index in [2.05, 4.69) is 36.6 Å². The van der Waals surface area contributed by atoms with Gasteiger partial charge in [0.2, 0.25) is 5.95 Å². The van der Waals surface area contributed by atoms with E-state index in [1.54, 1.807) is 12.3 Å². The predicted octanol–water partition coefficient (Wildman–Crippen LogP) is 1.99. The number of rotatable bonds is 5. The molecule has 0 radical (unpaired) electrons. The highest BCUT2D eigenvalue weighted by Gasteiger charge is 2.34. The third-order valence-electron chi connectivity index (χ3n) is 5.11. The molecule has 142 valence electrons. The fourth-order valence-electron chi connectivity index (χ4n) is 3.67. The molecule has 2 N–H and O–H groups in total. The molecule has 4 rings (SSSR count). The van der Waals surface area contributed by atoms with Crippen LogP contribution in [0.1, 0.15) is 32.4 Å². The first kappa shape index (κ1) is 17.9. The Balaban J connectivity index is 1.47. The second-order valence-electron chi connectivity index (χ2n) is 7.51. The van der Waals surface area contributed by atoms with E-state index in [0.29, 0.717) is 29.5 Å². The molecule has 2 fully saturated rings. The standard InChI is InChI=1S/C19H25N7O/c1-12(2)22-18-17-13(7-15(10-20)23-18)11-21-19(25-17)24-14-8-16(9-14)26-3-5-27-6-4-26/h7,11-12,14,16H,3-6,8-9H2,1-2H3,(H,22,23)(H,21,24,25). The van der Waals surface area contributed by atoms with Crippen LogP contribution in [0, 0.1) is 11.3 Å². The molecule has 8 heteroatoms. The molecule has 0 atom stereocenters. The van der Waals surface area contributed by atoms with Gasteiger partial charge in [0, 0.05) is 42.8 Å². The van der Waals surface area contributed by atoms with Crippen molar-refractivity contribution in [1.29, 1.82) is 5.26 Å². The normalized spacial score (nSPS) is 23.0. The van der Waals surface area contributed by atoms with Crippen molar-refractivity contribution in [3.05, 3.63) is 18.0 Å². The van der Waals surface area contributed by atoms with Gasteiger partial charge in [0.05, 0.1) is 13.2 Å². The molecule has 3 heterocycles. The third-order valence-corrected chi connectivity index (χ3v) is 5.11. The van der Waals surface area contributed by atoms with Gasteiger partial charge in [0.25, 0.3) is 0 Å². The van der Waals surface area contributed by atoms with E-state index in [-0.39, 0.29) is 6.04 Å². The Hall–Kier alpha value is -2.50. The zero-order chi connectivity index (χ0) is 18.8. The number of nitrogens with zero attached hydrogens (tertiary/aromatic N) is 5. The van der Waals surface area contributed by atoms with Crippen LogP contribution in [0.4, 0.5) is 11.8 Å². The van der Waals surface area contributed by atoms with Crippen LogP contribution < -0.4 is 10.6 Å². The Morgan fingerprint density at radius 1 is 1.26 bits per heavy atom. The molecule has 2 aliphatic rings. The maximum atomic E-state index is 9.20. The van der Waals surface area contributed by atoms with Crippen molar-refractivity contribution in [3.63, 3.8) is 0 Å². The van der Waals surface area contributed by atoms with Crippen LogP contribution in [0.5, 0.6) is 0 Å². The first-order valence-corrected chi connectivity index (χ1v) is 9.55. The number of nitriles is 1. The number of aromatic nitrogens is 3. The number of morpholine rings is 1. The first-order valence-electron chi connectivity index (χ1n) is 9.55. The summed E-state index contributed by atoms with van der Waals surface area (Å²) in [5.41, 5.74) is 1.10. The maximum absolute atomic E-state index is 9.20. The van der Waals surface area contributed by atoms with Crippen LogP contribution in [-0.2, 0) is 4.74 Å². The van der Waals surface area contributed by atoms with E-state index in [1.165, 1.54) is 0 Å². The molecular weight excluding hydrogens is 342 g/mol. The van der Waals surface area contributed by atoms with E-state index in [9.17, 15) is 5.26 Å². The molecule has 2 aromatic rings. The summed E-state index contributed by atoms with van der Waals surface area (Å²) in [6, 6.07) is 5.04. The Labute approximate surface area is 159 Å². The number of pyridine rings is 1. The fourth-order valence-corrected chi connectivity index (χ4v) is 3.67. The van der Waals surface area contributed by atoms with Gasteiger partial charge in [-0.05, 0) is 32.8 Å². The van der Waals surface area contributed by atoms with Crippen molar-refractivity contribution in [2.45, 2.75) is 44.8 Å². The van der Waals surface area contributed by atoms with E-state index in [1.807, 2.05) is 13.8 Å². The molecule has 0 spiro atoms. The van der Waals surface area contributed by atoms with Crippen molar-refractivity contribution < 1.29 is 4.74 Å². The molecule has 0 amide bonds. The van der Waals surface area contributed by atoms with Gasteiger partial charge in [-0.1, -0.05) is 0 Å². The van der Waals surface area contributed by atoms with Gasteiger partial charge in [-0.2, -0.15) is 5.26 Å². The van der Waals surface area contributed by atoms with E-state index >= 15 is 0 Å². The lowest BCUT2D eigenvalue weighted by Gasteiger charge is -2.44. The summed E-state index contributed by atoms with van der Waals surface area (Å²) in [6.07, 6.45) is 3.96. The van der Waals surface area contributed by atoms with E-state index in [4.69, 9.17) is 4.74 Å². The predicted molar refractivity (Wildman–Crippen MR) is 104 cm³/mol. The molecule has 1 saturated heterocycles. The lowest BCUT2D eigenvalue weighted by atomic mass is 9.85. The maximum Gasteiger partial charge on any atom is 0.223 e. The highest BCUT2D eigenvalue weighted by atomic mass is 16.5. The van der Waals surface area contributed by atoms with Crippen LogP contribution >= 0.6 is 0 Å². The SMILES string of the molecule is CC(C)Nc1nc(C#N)cc2cnc(NC3CC(N4CCOCC4)C3)nc12. The molecule has 8 nitrogen and oxygen atoms in total. The monoisotopic (exact) mass is 367 g/mol. The van der Waals surface area contributed by atoms with Gasteiger partial charge >= 0.3 is 0 Å². The Bertz CT molecular complexity index is 851. The minimum atomic E-state index is 0.196. The molecule has 0 aromatic carbocycles. The Morgan fingerprint density at radius 2 is 2.04 bits per heavy atom. The van der Waals surface area contributed by atoms with Crippen molar-refractivity contribution in [3.8, 4) is 6.07 Å². The highest BCUT2D eigenvalue weighted by molar-refractivity contribution is 5.89. The summed E-state index contributed by atoms with van der Waals surface area (Å²) < 4.78 is 5.43. The summed E-state index contributed by atoms with van der Waals surface area (Å²) in [6.45, 7) is 7.81. The zero-order valence-corrected chi connectivity index (χ0v) is 15.8. The van der Waals surface area contributed by atoms with Crippen molar-refractivity contribution in [2.75, 3.05) is 36.9 Å². The van der Waals surface area contributed by atoms with Crippen molar-refractivity contribution in [2.24, 2.45) is 0 Å². The summed E-state index contributed by atoms with van der Waals surface area (Å²) in [7, 11) is 0. The van der Waals surface area contributed by atoms with Crippen molar-refractivity contribution in [1.82, 2.24) is 19.9 Å². The molecule has 1 aliphatic carbocycles. The van der Waals surface area contributed by atoms with Gasteiger partial charge in [-0.3, -0.25) is 4.90 Å². The third kappa shape index (κ3) is 3.94. The summed E-state index contributed by atoms with van der Waals surface area (Å²) in [4.78, 5) is 16.0. The number of anilines is 2. The molecule has 1 saturated carbocycles.